The van der Waals surface area contributed by atoms with E-state index in [0.717, 1.165) is 64.2 Å². The molecule has 2 aliphatic heterocycles. The second kappa shape index (κ2) is 9.65. The molecule has 21 heavy (non-hydrogen) atoms. The Morgan fingerprint density at radius 2 is 1.95 bits per heavy atom. The molecule has 0 saturated carbocycles. The molecule has 1 N–H and O–H groups in total. The molecule has 1 amide bonds. The van der Waals surface area contributed by atoms with Gasteiger partial charge in [-0.05, 0) is 58.0 Å². The summed E-state index contributed by atoms with van der Waals surface area (Å²) < 4.78 is 5.78. The summed E-state index contributed by atoms with van der Waals surface area (Å²) in [5.74, 6) is 1.08. The minimum absolute atomic E-state index is 0. The van der Waals surface area contributed by atoms with Gasteiger partial charge in [0.2, 0.25) is 5.91 Å². The lowest BCUT2D eigenvalue weighted by molar-refractivity contribution is -0.133. The van der Waals surface area contributed by atoms with E-state index in [9.17, 15) is 4.79 Å². The van der Waals surface area contributed by atoms with E-state index in [4.69, 9.17) is 4.74 Å². The highest BCUT2D eigenvalue weighted by Crippen LogP contribution is 2.23. The second-order valence-corrected chi connectivity index (χ2v) is 6.32. The number of carbonyl (C=O) groups is 1. The zero-order valence-electron chi connectivity index (χ0n) is 13.5. The summed E-state index contributed by atoms with van der Waals surface area (Å²) in [6.45, 7) is 8.29. The third-order valence-electron chi connectivity index (χ3n) is 4.65. The van der Waals surface area contributed by atoms with Crippen LogP contribution in [0.25, 0.3) is 0 Å². The normalized spacial score (nSPS) is 26.7. The van der Waals surface area contributed by atoms with Crippen molar-refractivity contribution in [2.24, 2.45) is 5.92 Å². The smallest absolute Gasteiger partial charge is 0.222 e. The minimum Gasteiger partial charge on any atom is -0.375 e. The van der Waals surface area contributed by atoms with Crippen LogP contribution in [0.3, 0.4) is 0 Å². The third-order valence-corrected chi connectivity index (χ3v) is 4.65. The maximum Gasteiger partial charge on any atom is 0.222 e. The van der Waals surface area contributed by atoms with Crippen molar-refractivity contribution in [3.63, 3.8) is 0 Å². The van der Waals surface area contributed by atoms with Gasteiger partial charge in [0.25, 0.3) is 0 Å². The van der Waals surface area contributed by atoms with Crippen LogP contribution in [0.2, 0.25) is 0 Å². The summed E-state index contributed by atoms with van der Waals surface area (Å²) in [6.07, 6.45) is 6.84. The Labute approximate surface area is 135 Å². The van der Waals surface area contributed by atoms with Gasteiger partial charge in [0, 0.05) is 19.5 Å². The molecule has 2 atom stereocenters. The Hall–Kier alpha value is -0.320. The molecular weight excluding hydrogens is 288 g/mol. The average molecular weight is 319 g/mol. The van der Waals surface area contributed by atoms with Crippen LogP contribution in [-0.4, -0.2) is 49.2 Å². The summed E-state index contributed by atoms with van der Waals surface area (Å²) in [6, 6.07) is 0. The van der Waals surface area contributed by atoms with Crippen LogP contribution in [-0.2, 0) is 9.53 Å². The number of halogens is 1. The predicted molar refractivity (Wildman–Crippen MR) is 87.9 cm³/mol. The Bertz CT molecular complexity index is 307. The Balaban J connectivity index is 0.00000220. The first-order valence-electron chi connectivity index (χ1n) is 8.33. The molecule has 2 heterocycles. The fourth-order valence-electron chi connectivity index (χ4n) is 3.28. The number of ether oxygens (including phenoxy) is 1. The molecule has 2 aliphatic rings. The average Bonchev–Trinajstić information content (AvgIpc) is 2.89. The van der Waals surface area contributed by atoms with E-state index < -0.39 is 0 Å². The van der Waals surface area contributed by atoms with Gasteiger partial charge in [0.05, 0.1) is 12.2 Å². The minimum atomic E-state index is 0. The number of hydrogen-bond acceptors (Lipinski definition) is 3. The molecule has 2 saturated heterocycles. The van der Waals surface area contributed by atoms with Crippen molar-refractivity contribution >= 4 is 18.3 Å². The van der Waals surface area contributed by atoms with Gasteiger partial charge in [-0.25, -0.2) is 0 Å². The lowest BCUT2D eigenvalue weighted by Gasteiger charge is -2.32. The van der Waals surface area contributed by atoms with Crippen LogP contribution in [0.4, 0.5) is 0 Å². The van der Waals surface area contributed by atoms with Gasteiger partial charge in [-0.2, -0.15) is 0 Å². The molecule has 0 aromatic heterocycles. The van der Waals surface area contributed by atoms with Gasteiger partial charge in [-0.3, -0.25) is 4.79 Å². The lowest BCUT2D eigenvalue weighted by atomic mass is 9.96. The molecule has 4 nitrogen and oxygen atoms in total. The Morgan fingerprint density at radius 1 is 1.24 bits per heavy atom. The zero-order valence-corrected chi connectivity index (χ0v) is 14.3. The fourth-order valence-corrected chi connectivity index (χ4v) is 3.28. The molecule has 0 aromatic carbocycles. The standard InChI is InChI=1S/C16H30N2O2.ClH/c1-3-17-12-14-8-10-18(11-9-14)16(19)7-6-15-5-4-13(2)20-15;/h13-15,17H,3-12H2,1-2H3;1H. The van der Waals surface area contributed by atoms with Crippen molar-refractivity contribution in [3.05, 3.63) is 0 Å². The van der Waals surface area contributed by atoms with Crippen LogP contribution in [0.15, 0.2) is 0 Å². The van der Waals surface area contributed by atoms with Crippen molar-refractivity contribution in [1.29, 1.82) is 0 Å². The molecule has 0 bridgehead atoms. The number of likely N-dealkylation sites (tertiary alicyclic amines) is 1. The number of carbonyl (C=O) groups excluding carboxylic acids is 1. The molecule has 124 valence electrons. The summed E-state index contributed by atoms with van der Waals surface area (Å²) in [5, 5.41) is 3.41. The van der Waals surface area contributed by atoms with Crippen molar-refractivity contribution in [1.82, 2.24) is 10.2 Å². The van der Waals surface area contributed by atoms with Crippen LogP contribution < -0.4 is 5.32 Å². The summed E-state index contributed by atoms with van der Waals surface area (Å²) >= 11 is 0. The van der Waals surface area contributed by atoms with E-state index in [0.29, 0.717) is 24.5 Å². The monoisotopic (exact) mass is 318 g/mol. The van der Waals surface area contributed by atoms with Gasteiger partial charge >= 0.3 is 0 Å². The molecule has 0 radical (unpaired) electrons. The molecule has 2 fully saturated rings. The highest BCUT2D eigenvalue weighted by molar-refractivity contribution is 5.85. The van der Waals surface area contributed by atoms with E-state index in [-0.39, 0.29) is 12.4 Å². The predicted octanol–water partition coefficient (Wildman–Crippen LogP) is 2.60. The molecule has 0 spiro atoms. The number of rotatable bonds is 6. The van der Waals surface area contributed by atoms with Gasteiger partial charge < -0.3 is 15.0 Å². The van der Waals surface area contributed by atoms with Gasteiger partial charge in [-0.1, -0.05) is 6.92 Å². The lowest BCUT2D eigenvalue weighted by Crippen LogP contribution is -2.40. The van der Waals surface area contributed by atoms with Gasteiger partial charge in [0.1, 0.15) is 0 Å². The van der Waals surface area contributed by atoms with Crippen LogP contribution in [0, 0.1) is 5.92 Å². The number of amides is 1. The molecule has 0 aromatic rings. The van der Waals surface area contributed by atoms with Crippen LogP contribution in [0.1, 0.15) is 52.4 Å². The van der Waals surface area contributed by atoms with Gasteiger partial charge in [-0.15, -0.1) is 12.4 Å². The summed E-state index contributed by atoms with van der Waals surface area (Å²) in [4.78, 5) is 14.3. The summed E-state index contributed by atoms with van der Waals surface area (Å²) in [7, 11) is 0. The van der Waals surface area contributed by atoms with Crippen LogP contribution in [0.5, 0.6) is 0 Å². The number of nitrogens with zero attached hydrogens (tertiary/aromatic N) is 1. The van der Waals surface area contributed by atoms with E-state index in [1.165, 1.54) is 0 Å². The molecule has 2 rings (SSSR count). The highest BCUT2D eigenvalue weighted by atomic mass is 35.5. The maximum absolute atomic E-state index is 12.2. The molecule has 0 aliphatic carbocycles. The topological polar surface area (TPSA) is 41.6 Å². The second-order valence-electron chi connectivity index (χ2n) is 6.32. The maximum atomic E-state index is 12.2. The van der Waals surface area contributed by atoms with Crippen molar-refractivity contribution in [3.8, 4) is 0 Å². The van der Waals surface area contributed by atoms with Crippen molar-refractivity contribution in [2.45, 2.75) is 64.6 Å². The fraction of sp³-hybridized carbons (Fsp3) is 0.938. The largest absolute Gasteiger partial charge is 0.375 e. The van der Waals surface area contributed by atoms with Gasteiger partial charge in [0.15, 0.2) is 0 Å². The van der Waals surface area contributed by atoms with E-state index in [2.05, 4.69) is 24.1 Å². The van der Waals surface area contributed by atoms with Crippen LogP contribution >= 0.6 is 12.4 Å². The highest BCUT2D eigenvalue weighted by Gasteiger charge is 2.25. The van der Waals surface area contributed by atoms with E-state index in [1.54, 1.807) is 0 Å². The number of hydrogen-bond donors (Lipinski definition) is 1. The number of piperidine rings is 1. The first-order chi connectivity index (χ1) is 9.69. The number of nitrogens with one attached hydrogen (secondary N) is 1. The van der Waals surface area contributed by atoms with E-state index in [1.807, 2.05) is 0 Å². The SMILES string of the molecule is CCNCC1CCN(C(=O)CCC2CCC(C)O2)CC1.Cl. The quantitative estimate of drug-likeness (QED) is 0.818. The zero-order chi connectivity index (χ0) is 14.4. The Kier molecular flexibility index (Phi) is 8.60. The third kappa shape index (κ3) is 6.13. The molecular formula is C16H31ClN2O2. The first-order valence-corrected chi connectivity index (χ1v) is 8.33. The Morgan fingerprint density at radius 3 is 2.52 bits per heavy atom. The summed E-state index contributed by atoms with van der Waals surface area (Å²) in [5.41, 5.74) is 0. The molecule has 5 heteroatoms. The first kappa shape index (κ1) is 18.7. The molecule has 2 unspecified atom stereocenters. The van der Waals surface area contributed by atoms with Crippen molar-refractivity contribution in [2.75, 3.05) is 26.2 Å². The van der Waals surface area contributed by atoms with E-state index >= 15 is 0 Å². The van der Waals surface area contributed by atoms with Crippen molar-refractivity contribution < 1.29 is 9.53 Å².